The summed E-state index contributed by atoms with van der Waals surface area (Å²) < 4.78 is 17.7. The van der Waals surface area contributed by atoms with E-state index in [0.717, 1.165) is 50.6 Å². The summed E-state index contributed by atoms with van der Waals surface area (Å²) in [5, 5.41) is 0. The number of nitrogens with zero attached hydrogens (tertiary/aromatic N) is 1. The second-order valence-corrected chi connectivity index (χ2v) is 8.08. The molecule has 1 aromatic rings. The highest BCUT2D eigenvalue weighted by Gasteiger charge is 2.44. The van der Waals surface area contributed by atoms with Crippen LogP contribution in [-0.4, -0.2) is 55.4 Å². The molecule has 3 fully saturated rings. The highest BCUT2D eigenvalue weighted by atomic mass is 16.6. The van der Waals surface area contributed by atoms with Crippen molar-refractivity contribution in [2.24, 2.45) is 5.92 Å². The number of carbonyl (C=O) groups is 1. The monoisotopic (exact) mass is 359 g/mol. The summed E-state index contributed by atoms with van der Waals surface area (Å²) in [6.07, 6.45) is 5.64. The van der Waals surface area contributed by atoms with Crippen molar-refractivity contribution in [2.75, 3.05) is 32.9 Å². The molecule has 0 radical (unpaired) electrons. The first-order chi connectivity index (χ1) is 12.6. The number of rotatable bonds is 6. The summed E-state index contributed by atoms with van der Waals surface area (Å²) >= 11 is 0. The molecular weight excluding hydrogens is 330 g/mol. The topological polar surface area (TPSA) is 48.0 Å². The van der Waals surface area contributed by atoms with Crippen LogP contribution in [0.3, 0.4) is 0 Å². The maximum absolute atomic E-state index is 12.4. The summed E-state index contributed by atoms with van der Waals surface area (Å²) in [6, 6.07) is 7.79. The SMILES string of the molecule is Cc1ccc(OCC(=O)N2CCC3(CC2)C[C@@H](OCC2CC2)CO3)cc1. The van der Waals surface area contributed by atoms with Crippen molar-refractivity contribution in [2.45, 2.75) is 50.7 Å². The number of hydrogen-bond donors (Lipinski definition) is 0. The van der Waals surface area contributed by atoms with E-state index in [1.165, 1.54) is 18.4 Å². The van der Waals surface area contributed by atoms with Gasteiger partial charge in [-0.3, -0.25) is 4.79 Å². The zero-order chi connectivity index (χ0) is 18.0. The van der Waals surface area contributed by atoms with Gasteiger partial charge in [0.1, 0.15) is 5.75 Å². The Bertz CT molecular complexity index is 617. The van der Waals surface area contributed by atoms with Crippen molar-refractivity contribution in [1.29, 1.82) is 0 Å². The molecule has 1 amide bonds. The highest BCUT2D eigenvalue weighted by Crippen LogP contribution is 2.38. The Balaban J connectivity index is 1.20. The second-order valence-electron chi connectivity index (χ2n) is 8.08. The van der Waals surface area contributed by atoms with E-state index < -0.39 is 0 Å². The third-order valence-electron chi connectivity index (χ3n) is 5.85. The lowest BCUT2D eigenvalue weighted by atomic mass is 9.88. The molecule has 2 heterocycles. The third-order valence-corrected chi connectivity index (χ3v) is 5.85. The predicted octanol–water partition coefficient (Wildman–Crippen LogP) is 2.95. The van der Waals surface area contributed by atoms with Crippen LogP contribution >= 0.6 is 0 Å². The summed E-state index contributed by atoms with van der Waals surface area (Å²) in [5.74, 6) is 1.59. The van der Waals surface area contributed by atoms with Gasteiger partial charge in [0.15, 0.2) is 6.61 Å². The number of aryl methyl sites for hydroxylation is 1. The molecule has 1 aliphatic carbocycles. The lowest BCUT2D eigenvalue weighted by Crippen LogP contribution is -2.47. The van der Waals surface area contributed by atoms with Crippen LogP contribution in [0.5, 0.6) is 5.75 Å². The fourth-order valence-electron chi connectivity index (χ4n) is 3.85. The molecule has 1 aromatic carbocycles. The number of ether oxygens (including phenoxy) is 3. The number of benzene rings is 1. The molecule has 0 aromatic heterocycles. The predicted molar refractivity (Wildman–Crippen MR) is 98.3 cm³/mol. The van der Waals surface area contributed by atoms with Crippen molar-refractivity contribution < 1.29 is 19.0 Å². The lowest BCUT2D eigenvalue weighted by molar-refractivity contribution is -0.138. The first kappa shape index (κ1) is 17.8. The minimum atomic E-state index is -0.0805. The van der Waals surface area contributed by atoms with E-state index in [1.807, 2.05) is 36.1 Å². The van der Waals surface area contributed by atoms with E-state index in [9.17, 15) is 4.79 Å². The molecule has 5 heteroatoms. The van der Waals surface area contributed by atoms with Gasteiger partial charge in [-0.1, -0.05) is 17.7 Å². The van der Waals surface area contributed by atoms with Crippen LogP contribution in [0.2, 0.25) is 0 Å². The maximum Gasteiger partial charge on any atom is 0.260 e. The van der Waals surface area contributed by atoms with Gasteiger partial charge in [-0.2, -0.15) is 0 Å². The van der Waals surface area contributed by atoms with Gasteiger partial charge in [0.25, 0.3) is 5.91 Å². The number of hydrogen-bond acceptors (Lipinski definition) is 4. The molecule has 0 N–H and O–H groups in total. The summed E-state index contributed by atoms with van der Waals surface area (Å²) in [6.45, 7) is 5.22. The minimum absolute atomic E-state index is 0.0555. The van der Waals surface area contributed by atoms with Crippen LogP contribution < -0.4 is 4.74 Å². The van der Waals surface area contributed by atoms with Gasteiger partial charge in [0.05, 0.1) is 18.3 Å². The Hall–Kier alpha value is -1.59. The molecule has 142 valence electrons. The molecule has 1 spiro atoms. The van der Waals surface area contributed by atoms with Crippen molar-refractivity contribution >= 4 is 5.91 Å². The van der Waals surface area contributed by atoms with E-state index in [0.29, 0.717) is 6.61 Å². The Kier molecular flexibility index (Phi) is 5.18. The van der Waals surface area contributed by atoms with Gasteiger partial charge in [-0.05, 0) is 50.7 Å². The Morgan fingerprint density at radius 2 is 1.96 bits per heavy atom. The molecule has 5 nitrogen and oxygen atoms in total. The number of carbonyl (C=O) groups excluding carboxylic acids is 1. The van der Waals surface area contributed by atoms with E-state index in [1.54, 1.807) is 0 Å². The summed E-state index contributed by atoms with van der Waals surface area (Å²) in [7, 11) is 0. The molecular formula is C21H29NO4. The van der Waals surface area contributed by atoms with Gasteiger partial charge >= 0.3 is 0 Å². The molecule has 0 bridgehead atoms. The number of likely N-dealkylation sites (tertiary alicyclic amines) is 1. The zero-order valence-electron chi connectivity index (χ0n) is 15.6. The van der Waals surface area contributed by atoms with Gasteiger partial charge in [0.2, 0.25) is 0 Å². The van der Waals surface area contributed by atoms with Crippen molar-refractivity contribution in [3.8, 4) is 5.75 Å². The summed E-state index contributed by atoms with van der Waals surface area (Å²) in [5.41, 5.74) is 1.10. The van der Waals surface area contributed by atoms with Gasteiger partial charge < -0.3 is 19.1 Å². The van der Waals surface area contributed by atoms with Crippen LogP contribution in [0, 0.1) is 12.8 Å². The van der Waals surface area contributed by atoms with Gasteiger partial charge in [0, 0.05) is 26.1 Å². The lowest BCUT2D eigenvalue weighted by Gasteiger charge is -2.38. The van der Waals surface area contributed by atoms with Crippen LogP contribution in [0.25, 0.3) is 0 Å². The van der Waals surface area contributed by atoms with Gasteiger partial charge in [-0.15, -0.1) is 0 Å². The van der Waals surface area contributed by atoms with Crippen molar-refractivity contribution in [3.63, 3.8) is 0 Å². The van der Waals surface area contributed by atoms with E-state index in [4.69, 9.17) is 14.2 Å². The van der Waals surface area contributed by atoms with E-state index in [2.05, 4.69) is 0 Å². The van der Waals surface area contributed by atoms with Gasteiger partial charge in [-0.25, -0.2) is 0 Å². The molecule has 3 aliphatic rings. The Morgan fingerprint density at radius 1 is 1.23 bits per heavy atom. The second kappa shape index (κ2) is 7.57. The molecule has 1 atom stereocenters. The smallest absolute Gasteiger partial charge is 0.260 e. The first-order valence-corrected chi connectivity index (χ1v) is 9.85. The normalized spacial score (nSPS) is 24.8. The Labute approximate surface area is 155 Å². The van der Waals surface area contributed by atoms with Crippen LogP contribution in [0.15, 0.2) is 24.3 Å². The average molecular weight is 359 g/mol. The molecule has 1 saturated carbocycles. The summed E-state index contributed by atoms with van der Waals surface area (Å²) in [4.78, 5) is 14.3. The number of piperidine rings is 1. The van der Waals surface area contributed by atoms with Crippen LogP contribution in [-0.2, 0) is 14.3 Å². The van der Waals surface area contributed by atoms with Crippen molar-refractivity contribution in [3.05, 3.63) is 29.8 Å². The molecule has 0 unspecified atom stereocenters. The molecule has 2 saturated heterocycles. The van der Waals surface area contributed by atoms with E-state index >= 15 is 0 Å². The van der Waals surface area contributed by atoms with E-state index in [-0.39, 0.29) is 24.2 Å². The minimum Gasteiger partial charge on any atom is -0.484 e. The van der Waals surface area contributed by atoms with Crippen LogP contribution in [0.1, 0.15) is 37.7 Å². The average Bonchev–Trinajstić information content (AvgIpc) is 3.41. The highest BCUT2D eigenvalue weighted by molar-refractivity contribution is 5.77. The Morgan fingerprint density at radius 3 is 2.65 bits per heavy atom. The fourth-order valence-corrected chi connectivity index (χ4v) is 3.85. The molecule has 26 heavy (non-hydrogen) atoms. The fraction of sp³-hybridized carbons (Fsp3) is 0.667. The zero-order valence-corrected chi connectivity index (χ0v) is 15.6. The van der Waals surface area contributed by atoms with Crippen molar-refractivity contribution in [1.82, 2.24) is 4.90 Å². The quantitative estimate of drug-likeness (QED) is 0.784. The third kappa shape index (κ3) is 4.38. The molecule has 2 aliphatic heterocycles. The number of amides is 1. The largest absolute Gasteiger partial charge is 0.484 e. The standard InChI is InChI=1S/C21H29NO4/c1-16-2-6-18(7-3-16)25-15-20(23)22-10-8-21(9-11-22)12-19(14-26-21)24-13-17-4-5-17/h2-3,6-7,17,19H,4-5,8-15H2,1H3/t19-/m1/s1. The molecule has 4 rings (SSSR count). The maximum atomic E-state index is 12.4. The van der Waals surface area contributed by atoms with Crippen LogP contribution in [0.4, 0.5) is 0 Å². The first-order valence-electron chi connectivity index (χ1n) is 9.85.